The summed E-state index contributed by atoms with van der Waals surface area (Å²) < 4.78 is 3.83. The van der Waals surface area contributed by atoms with Crippen molar-refractivity contribution in [1.29, 1.82) is 0 Å². The van der Waals surface area contributed by atoms with E-state index < -0.39 is 0 Å². The molecule has 1 aliphatic heterocycles. The molecule has 182 valence electrons. The van der Waals surface area contributed by atoms with E-state index in [0.29, 0.717) is 0 Å². The Kier molecular flexibility index (Phi) is 9.85. The van der Waals surface area contributed by atoms with Gasteiger partial charge in [0.25, 0.3) is 5.01 Å². The number of hydrogen-bond acceptors (Lipinski definition) is 3. The highest BCUT2D eigenvalue weighted by molar-refractivity contribution is 8.03. The molecule has 0 amide bonds. The Bertz CT molecular complexity index is 1220. The van der Waals surface area contributed by atoms with Gasteiger partial charge in [-0.05, 0) is 37.1 Å². The van der Waals surface area contributed by atoms with Crippen molar-refractivity contribution < 1.29 is 4.57 Å². The third-order valence-corrected chi connectivity index (χ3v) is 8.43. The molecule has 4 rings (SSSR count). The molecular weight excluding hydrogens is 464 g/mol. The number of aromatic nitrogens is 1. The van der Waals surface area contributed by atoms with E-state index in [0.717, 1.165) is 13.1 Å². The number of rotatable bonds is 12. The predicted molar refractivity (Wildman–Crippen MR) is 156 cm³/mol. The van der Waals surface area contributed by atoms with Gasteiger partial charge in [0, 0.05) is 30.0 Å². The fourth-order valence-electron chi connectivity index (χ4n) is 4.32. The number of benzene rings is 2. The summed E-state index contributed by atoms with van der Waals surface area (Å²) in [5, 5.41) is 2.64. The number of fused-ring (bicyclic) bond motifs is 2. The van der Waals surface area contributed by atoms with Gasteiger partial charge in [0.1, 0.15) is 4.70 Å². The summed E-state index contributed by atoms with van der Waals surface area (Å²) in [7, 11) is 0. The second-order valence-electron chi connectivity index (χ2n) is 8.83. The number of aryl methyl sites for hydroxylation is 1. The van der Waals surface area contributed by atoms with E-state index in [-0.39, 0.29) is 0 Å². The van der Waals surface area contributed by atoms with Gasteiger partial charge >= 0.3 is 0 Å². The van der Waals surface area contributed by atoms with Gasteiger partial charge < -0.3 is 4.90 Å². The van der Waals surface area contributed by atoms with E-state index in [4.69, 9.17) is 0 Å². The minimum Gasteiger partial charge on any atom is -0.335 e. The lowest BCUT2D eigenvalue weighted by Crippen LogP contribution is -2.34. The minimum absolute atomic E-state index is 1.09. The van der Waals surface area contributed by atoms with Crippen LogP contribution in [-0.4, -0.2) is 6.54 Å². The first-order valence-electron chi connectivity index (χ1n) is 13.0. The molecule has 2 heterocycles. The Morgan fingerprint density at radius 1 is 0.800 bits per heavy atom. The van der Waals surface area contributed by atoms with Crippen molar-refractivity contribution in [2.24, 2.45) is 0 Å². The molecule has 0 spiro atoms. The molecule has 0 saturated carbocycles. The molecule has 0 aliphatic carbocycles. The molecule has 0 radical (unpaired) electrons. The molecule has 0 saturated heterocycles. The highest BCUT2D eigenvalue weighted by Gasteiger charge is 2.23. The summed E-state index contributed by atoms with van der Waals surface area (Å²) in [5.74, 6) is 0. The number of allylic oxidation sites excluding steroid dienone is 6. The Hall–Kier alpha value is -2.56. The topological polar surface area (TPSA) is 7.12 Å². The second-order valence-corrected chi connectivity index (χ2v) is 11.0. The summed E-state index contributed by atoms with van der Waals surface area (Å²) in [6.07, 6.45) is 22.7. The Morgan fingerprint density at radius 2 is 1.54 bits per heavy atom. The summed E-state index contributed by atoms with van der Waals surface area (Å²) in [5.41, 5.74) is 2.70. The Morgan fingerprint density at radius 3 is 2.43 bits per heavy atom. The number of hydrogen-bond donors (Lipinski definition) is 0. The van der Waals surface area contributed by atoms with E-state index in [1.54, 1.807) is 0 Å². The van der Waals surface area contributed by atoms with Crippen LogP contribution < -0.4 is 9.47 Å². The van der Waals surface area contributed by atoms with Gasteiger partial charge in [-0.1, -0.05) is 111 Å². The van der Waals surface area contributed by atoms with E-state index in [1.807, 2.05) is 23.1 Å². The maximum atomic E-state index is 2.47. The molecule has 35 heavy (non-hydrogen) atoms. The number of thiazole rings is 1. The zero-order chi connectivity index (χ0) is 24.3. The predicted octanol–water partition coefficient (Wildman–Crippen LogP) is 9.15. The molecular formula is C31H37N2S2+. The van der Waals surface area contributed by atoms with Crippen molar-refractivity contribution in [1.82, 2.24) is 0 Å². The molecule has 4 heteroatoms. The van der Waals surface area contributed by atoms with E-state index in [1.165, 1.54) is 69.4 Å². The van der Waals surface area contributed by atoms with Crippen LogP contribution in [0, 0.1) is 0 Å². The summed E-state index contributed by atoms with van der Waals surface area (Å²) in [4.78, 5) is 3.83. The van der Waals surface area contributed by atoms with Crippen LogP contribution in [0.1, 0.15) is 57.4 Å². The van der Waals surface area contributed by atoms with Crippen molar-refractivity contribution in [3.63, 3.8) is 0 Å². The standard InChI is InChI=1S/C31H37N2S2/c1-3-5-16-24-32-26-18-12-14-20-28(26)34-30(32)22-10-8-7-9-11-23-31-33(25-17-6-4-2)27-19-13-15-21-29(27)35-31/h7-15,18-23H,3-6,16-17,24-25H2,1-2H3/q+1. The average Bonchev–Trinajstić information content (AvgIpc) is 3.41. The average molecular weight is 502 g/mol. The lowest BCUT2D eigenvalue weighted by Gasteiger charge is -2.20. The van der Waals surface area contributed by atoms with Gasteiger partial charge in [-0.3, -0.25) is 0 Å². The summed E-state index contributed by atoms with van der Waals surface area (Å²) >= 11 is 3.75. The van der Waals surface area contributed by atoms with Gasteiger partial charge in [0.15, 0.2) is 6.54 Å². The van der Waals surface area contributed by atoms with Gasteiger partial charge in [-0.25, -0.2) is 0 Å². The van der Waals surface area contributed by atoms with Crippen LogP contribution in [0.15, 0.2) is 94.9 Å². The number of nitrogens with zero attached hydrogens (tertiary/aromatic N) is 2. The van der Waals surface area contributed by atoms with Crippen molar-refractivity contribution >= 4 is 45.1 Å². The lowest BCUT2D eigenvalue weighted by atomic mass is 10.2. The highest BCUT2D eigenvalue weighted by Crippen LogP contribution is 2.45. The second kappa shape index (κ2) is 13.5. The zero-order valence-corrected chi connectivity index (χ0v) is 22.7. The van der Waals surface area contributed by atoms with Crippen LogP contribution in [-0.2, 0) is 6.54 Å². The first kappa shape index (κ1) is 25.5. The van der Waals surface area contributed by atoms with E-state index in [9.17, 15) is 0 Å². The molecule has 1 aromatic heterocycles. The smallest absolute Gasteiger partial charge is 0.262 e. The van der Waals surface area contributed by atoms with Crippen molar-refractivity contribution in [2.75, 3.05) is 11.4 Å². The van der Waals surface area contributed by atoms with Gasteiger partial charge in [-0.2, -0.15) is 4.57 Å². The van der Waals surface area contributed by atoms with Crippen LogP contribution in [0.2, 0.25) is 0 Å². The van der Waals surface area contributed by atoms with Crippen LogP contribution in [0.4, 0.5) is 5.69 Å². The van der Waals surface area contributed by atoms with Crippen LogP contribution in [0.25, 0.3) is 16.3 Å². The fraction of sp³-hybridized carbons (Fsp3) is 0.323. The minimum atomic E-state index is 1.09. The number of unbranched alkanes of at least 4 members (excludes halogenated alkanes) is 4. The Balaban J connectivity index is 1.40. The first-order chi connectivity index (χ1) is 17.3. The van der Waals surface area contributed by atoms with Crippen LogP contribution in [0.3, 0.4) is 0 Å². The largest absolute Gasteiger partial charge is 0.335 e. The monoisotopic (exact) mass is 501 g/mol. The zero-order valence-electron chi connectivity index (χ0n) is 21.0. The lowest BCUT2D eigenvalue weighted by molar-refractivity contribution is -0.669. The molecule has 3 aromatic rings. The summed E-state index contributed by atoms with van der Waals surface area (Å²) in [6.45, 7) is 6.70. The quantitative estimate of drug-likeness (QED) is 0.139. The van der Waals surface area contributed by atoms with Crippen molar-refractivity contribution in [3.8, 4) is 0 Å². The highest BCUT2D eigenvalue weighted by atomic mass is 32.2. The molecule has 1 aliphatic rings. The third-order valence-electron chi connectivity index (χ3n) is 6.17. The molecule has 2 nitrogen and oxygen atoms in total. The first-order valence-corrected chi connectivity index (χ1v) is 14.6. The van der Waals surface area contributed by atoms with Gasteiger partial charge in [0.05, 0.1) is 10.7 Å². The molecule has 0 atom stereocenters. The van der Waals surface area contributed by atoms with Crippen molar-refractivity contribution in [3.05, 3.63) is 95.0 Å². The van der Waals surface area contributed by atoms with Crippen LogP contribution >= 0.6 is 23.1 Å². The van der Waals surface area contributed by atoms with E-state index in [2.05, 4.69) is 114 Å². The van der Waals surface area contributed by atoms with Gasteiger partial charge in [0.2, 0.25) is 5.52 Å². The SMILES string of the molecule is CCCCCN1C(=CC=CC=CC=Cc2sc3ccccc3[n+]2CCCCC)Sc2ccccc21. The molecule has 0 bridgehead atoms. The number of anilines is 1. The number of thioether (sulfide) groups is 1. The molecule has 2 aromatic carbocycles. The summed E-state index contributed by atoms with van der Waals surface area (Å²) in [6, 6.07) is 17.5. The number of para-hydroxylation sites is 2. The van der Waals surface area contributed by atoms with Crippen molar-refractivity contribution in [2.45, 2.75) is 63.8 Å². The van der Waals surface area contributed by atoms with E-state index >= 15 is 0 Å². The maximum absolute atomic E-state index is 2.47. The molecule has 0 unspecified atom stereocenters. The fourth-order valence-corrected chi connectivity index (χ4v) is 6.53. The van der Waals surface area contributed by atoms with Gasteiger partial charge in [-0.15, -0.1) is 0 Å². The Labute approximate surface area is 219 Å². The van der Waals surface area contributed by atoms with Crippen LogP contribution in [0.5, 0.6) is 0 Å². The molecule has 0 fully saturated rings. The normalized spacial score (nSPS) is 15.0. The third kappa shape index (κ3) is 6.77. The molecule has 0 N–H and O–H groups in total. The maximum Gasteiger partial charge on any atom is 0.262 e.